The zero-order valence-corrected chi connectivity index (χ0v) is 15.3. The van der Waals surface area contributed by atoms with Gasteiger partial charge < -0.3 is 4.90 Å². The van der Waals surface area contributed by atoms with Crippen molar-refractivity contribution in [3.63, 3.8) is 0 Å². The fraction of sp³-hybridized carbons (Fsp3) is 0.400. The summed E-state index contributed by atoms with van der Waals surface area (Å²) in [5.41, 5.74) is 2.31. The Labute approximate surface area is 142 Å². The van der Waals surface area contributed by atoms with Gasteiger partial charge in [0.2, 0.25) is 4.96 Å². The molecule has 0 aliphatic rings. The summed E-state index contributed by atoms with van der Waals surface area (Å²) < 4.78 is 2.93. The van der Waals surface area contributed by atoms with Crippen LogP contribution in [0, 0.1) is 0 Å². The van der Waals surface area contributed by atoms with Crippen molar-refractivity contribution in [3.8, 4) is 10.6 Å². The van der Waals surface area contributed by atoms with Crippen molar-refractivity contribution in [3.05, 3.63) is 28.5 Å². The number of fused-ring (bicyclic) bond motifs is 1. The van der Waals surface area contributed by atoms with Gasteiger partial charge in [-0.2, -0.15) is 9.61 Å². The molecule has 0 aliphatic heterocycles. The maximum Gasteiger partial charge on any atom is 0.234 e. The molecule has 0 atom stereocenters. The first-order chi connectivity index (χ1) is 10.7. The number of anilines is 1. The highest BCUT2D eigenvalue weighted by molar-refractivity contribution is 9.10. The third kappa shape index (κ3) is 2.63. The molecule has 2 heterocycles. The Hall–Kier alpha value is -1.47. The van der Waals surface area contributed by atoms with E-state index >= 15 is 0 Å². The number of hydrogen-bond acceptors (Lipinski definition) is 5. The molecule has 0 radical (unpaired) electrons. The molecule has 0 saturated carbocycles. The van der Waals surface area contributed by atoms with Crippen LogP contribution < -0.4 is 4.90 Å². The summed E-state index contributed by atoms with van der Waals surface area (Å²) in [6, 6.07) is 6.40. The quantitative estimate of drug-likeness (QED) is 0.671. The maximum absolute atomic E-state index is 4.65. The van der Waals surface area contributed by atoms with Crippen LogP contribution in [0.15, 0.2) is 22.7 Å². The highest BCUT2D eigenvalue weighted by Gasteiger charge is 2.14. The van der Waals surface area contributed by atoms with E-state index in [4.69, 9.17) is 0 Å². The Bertz CT molecular complexity index is 790. The number of benzene rings is 1. The molecule has 22 heavy (non-hydrogen) atoms. The summed E-state index contributed by atoms with van der Waals surface area (Å²) >= 11 is 5.25. The second kappa shape index (κ2) is 6.34. The molecular weight excluding hydrogens is 362 g/mol. The number of aromatic nitrogens is 4. The van der Waals surface area contributed by atoms with Crippen LogP contribution in [0.25, 0.3) is 15.5 Å². The van der Waals surface area contributed by atoms with Gasteiger partial charge in [0, 0.05) is 29.5 Å². The van der Waals surface area contributed by atoms with Gasteiger partial charge in [0.1, 0.15) is 5.01 Å². The minimum atomic E-state index is 0.828. The van der Waals surface area contributed by atoms with Gasteiger partial charge in [-0.3, -0.25) is 0 Å². The van der Waals surface area contributed by atoms with E-state index in [1.54, 1.807) is 11.3 Å². The van der Waals surface area contributed by atoms with Crippen molar-refractivity contribution in [1.29, 1.82) is 0 Å². The van der Waals surface area contributed by atoms with Crippen molar-refractivity contribution in [2.75, 3.05) is 18.0 Å². The standard InChI is InChI=1S/C15H18BrN5S/c1-4-13-17-18-15-21(13)19-14(22-15)10-7-8-12(11(16)9-10)20(5-2)6-3/h7-9H,4-6H2,1-3H3. The number of aryl methyl sites for hydroxylation is 1. The van der Waals surface area contributed by atoms with Gasteiger partial charge in [-0.05, 0) is 48.0 Å². The van der Waals surface area contributed by atoms with Crippen molar-refractivity contribution < 1.29 is 0 Å². The smallest absolute Gasteiger partial charge is 0.234 e. The van der Waals surface area contributed by atoms with E-state index in [-0.39, 0.29) is 0 Å². The van der Waals surface area contributed by atoms with E-state index in [1.807, 2.05) is 4.52 Å². The Morgan fingerprint density at radius 2 is 1.95 bits per heavy atom. The predicted molar refractivity (Wildman–Crippen MR) is 94.7 cm³/mol. The van der Waals surface area contributed by atoms with Crippen LogP contribution >= 0.6 is 27.3 Å². The summed E-state index contributed by atoms with van der Waals surface area (Å²) in [4.78, 5) is 3.16. The van der Waals surface area contributed by atoms with E-state index in [1.165, 1.54) is 5.69 Å². The van der Waals surface area contributed by atoms with Gasteiger partial charge >= 0.3 is 0 Å². The minimum absolute atomic E-state index is 0.828. The average Bonchev–Trinajstić information content (AvgIpc) is 3.10. The van der Waals surface area contributed by atoms with Crippen LogP contribution in [0.2, 0.25) is 0 Å². The predicted octanol–water partition coefficient (Wildman–Crippen LogP) is 4.02. The molecule has 2 aromatic heterocycles. The third-order valence-corrected chi connectivity index (χ3v) is 5.25. The SMILES string of the molecule is CCc1nnc2sc(-c3ccc(N(CC)CC)c(Br)c3)nn12. The minimum Gasteiger partial charge on any atom is -0.371 e. The zero-order valence-electron chi connectivity index (χ0n) is 12.9. The summed E-state index contributed by atoms with van der Waals surface area (Å²) in [7, 11) is 0. The Kier molecular flexibility index (Phi) is 4.44. The maximum atomic E-state index is 4.65. The van der Waals surface area contributed by atoms with E-state index in [2.05, 4.69) is 75.1 Å². The molecule has 7 heteroatoms. The van der Waals surface area contributed by atoms with E-state index in [0.29, 0.717) is 0 Å². The van der Waals surface area contributed by atoms with Crippen LogP contribution in [0.5, 0.6) is 0 Å². The first-order valence-corrected chi connectivity index (χ1v) is 9.04. The van der Waals surface area contributed by atoms with Crippen LogP contribution in [0.4, 0.5) is 5.69 Å². The molecule has 116 valence electrons. The van der Waals surface area contributed by atoms with Crippen LogP contribution in [-0.2, 0) is 6.42 Å². The Balaban J connectivity index is 2.00. The van der Waals surface area contributed by atoms with Gasteiger partial charge in [0.25, 0.3) is 0 Å². The topological polar surface area (TPSA) is 46.3 Å². The number of halogens is 1. The lowest BCUT2D eigenvalue weighted by atomic mass is 10.2. The molecule has 0 bridgehead atoms. The third-order valence-electron chi connectivity index (χ3n) is 3.67. The van der Waals surface area contributed by atoms with Crippen molar-refractivity contribution in [2.45, 2.75) is 27.2 Å². The van der Waals surface area contributed by atoms with Crippen molar-refractivity contribution >= 4 is 37.9 Å². The van der Waals surface area contributed by atoms with Crippen molar-refractivity contribution in [2.24, 2.45) is 0 Å². The molecule has 5 nitrogen and oxygen atoms in total. The van der Waals surface area contributed by atoms with E-state index in [9.17, 15) is 0 Å². The van der Waals surface area contributed by atoms with Crippen molar-refractivity contribution in [1.82, 2.24) is 19.8 Å². The lowest BCUT2D eigenvalue weighted by molar-refractivity contribution is 0.837. The van der Waals surface area contributed by atoms with Gasteiger partial charge in [0.05, 0.1) is 5.69 Å². The second-order valence-corrected chi connectivity index (χ2v) is 6.72. The lowest BCUT2D eigenvalue weighted by Crippen LogP contribution is -2.22. The van der Waals surface area contributed by atoms with E-state index < -0.39 is 0 Å². The lowest BCUT2D eigenvalue weighted by Gasteiger charge is -2.22. The molecule has 0 spiro atoms. The number of nitrogens with zero attached hydrogens (tertiary/aromatic N) is 5. The molecule has 0 unspecified atom stereocenters. The molecule has 0 aliphatic carbocycles. The zero-order chi connectivity index (χ0) is 15.7. The first-order valence-electron chi connectivity index (χ1n) is 7.43. The first kappa shape index (κ1) is 15.4. The fourth-order valence-corrected chi connectivity index (χ4v) is 3.94. The van der Waals surface area contributed by atoms with Gasteiger partial charge in [-0.25, -0.2) is 0 Å². The fourth-order valence-electron chi connectivity index (χ4n) is 2.46. The summed E-state index contributed by atoms with van der Waals surface area (Å²) in [6.07, 6.45) is 0.828. The molecular formula is C15H18BrN5S. The van der Waals surface area contributed by atoms with Gasteiger partial charge in [0.15, 0.2) is 5.82 Å². The molecule has 0 N–H and O–H groups in total. The number of rotatable bonds is 5. The molecule has 3 aromatic rings. The molecule has 3 rings (SSSR count). The molecule has 0 fully saturated rings. The highest BCUT2D eigenvalue weighted by Crippen LogP contribution is 2.33. The summed E-state index contributed by atoms with van der Waals surface area (Å²) in [5, 5.41) is 13.9. The molecule has 0 saturated heterocycles. The highest BCUT2D eigenvalue weighted by atomic mass is 79.9. The average molecular weight is 380 g/mol. The van der Waals surface area contributed by atoms with Gasteiger partial charge in [-0.15, -0.1) is 10.2 Å². The summed E-state index contributed by atoms with van der Waals surface area (Å²) in [6.45, 7) is 8.37. The largest absolute Gasteiger partial charge is 0.371 e. The Morgan fingerprint density at radius 3 is 2.59 bits per heavy atom. The molecule has 0 amide bonds. The second-order valence-electron chi connectivity index (χ2n) is 4.91. The molecule has 1 aromatic carbocycles. The van der Waals surface area contributed by atoms with Crippen LogP contribution in [0.1, 0.15) is 26.6 Å². The normalized spacial score (nSPS) is 11.3. The van der Waals surface area contributed by atoms with Gasteiger partial charge in [-0.1, -0.05) is 18.3 Å². The number of hydrogen-bond donors (Lipinski definition) is 0. The summed E-state index contributed by atoms with van der Waals surface area (Å²) in [5.74, 6) is 0.899. The van der Waals surface area contributed by atoms with E-state index in [0.717, 1.165) is 45.3 Å². The van der Waals surface area contributed by atoms with Crippen LogP contribution in [0.3, 0.4) is 0 Å². The van der Waals surface area contributed by atoms with Crippen LogP contribution in [-0.4, -0.2) is 32.9 Å². The Morgan fingerprint density at radius 1 is 1.18 bits per heavy atom. The monoisotopic (exact) mass is 379 g/mol.